The Kier molecular flexibility index (Phi) is 21.0. The summed E-state index contributed by atoms with van der Waals surface area (Å²) in [6.07, 6.45) is -5.46. The second kappa shape index (κ2) is 16.5. The van der Waals surface area contributed by atoms with Crippen LogP contribution in [-0.4, -0.2) is 93.6 Å². The standard InChI is InChI=1S/3C4H8O4.Bi/c3*1-2(3(5)6)4(7)8;/h3*2-3,5-6H,1H3,(H,7,8);/q;;;+3/p-3. The molecule has 0 heterocycles. The van der Waals surface area contributed by atoms with E-state index in [-0.39, 0.29) is 26.2 Å². The minimum absolute atomic E-state index is 0. The number of rotatable bonds is 6. The molecule has 0 saturated heterocycles. The summed E-state index contributed by atoms with van der Waals surface area (Å²) in [6, 6.07) is 0. The number of aliphatic hydroxyl groups excluding tert-OH is 3. The number of aliphatic hydroxyl groups is 6. The van der Waals surface area contributed by atoms with E-state index < -0.39 is 54.5 Å². The van der Waals surface area contributed by atoms with Crippen molar-refractivity contribution in [2.45, 2.75) is 39.6 Å². The van der Waals surface area contributed by atoms with Gasteiger partial charge in [0, 0.05) is 35.7 Å². The van der Waals surface area contributed by atoms with E-state index in [1.54, 1.807) is 0 Å². The summed E-state index contributed by atoms with van der Waals surface area (Å²) in [5.41, 5.74) is 0. The van der Waals surface area contributed by atoms with Gasteiger partial charge in [-0.05, 0) is 0 Å². The summed E-state index contributed by atoms with van der Waals surface area (Å²) in [5, 5.41) is 77.9. The van der Waals surface area contributed by atoms with E-state index in [0.29, 0.717) is 0 Å². The Morgan fingerprint density at radius 3 is 0.680 bits per heavy atom. The SMILES string of the molecule is CC(C(=O)[O-])C(O)O.CC(C(=O)[O-])C(O)O.CC(C(=O)[O-])C(O)O.[Bi+3]. The van der Waals surface area contributed by atoms with Crippen molar-refractivity contribution in [1.29, 1.82) is 0 Å². The van der Waals surface area contributed by atoms with Gasteiger partial charge in [-0.15, -0.1) is 0 Å². The van der Waals surface area contributed by atoms with Crippen LogP contribution in [-0.2, 0) is 14.4 Å². The number of hydrogen-bond acceptors (Lipinski definition) is 12. The number of carbonyl (C=O) groups excluding carboxylic acids is 3. The Morgan fingerprint density at radius 2 is 0.680 bits per heavy atom. The van der Waals surface area contributed by atoms with Crippen LogP contribution in [0.4, 0.5) is 0 Å². The summed E-state index contributed by atoms with van der Waals surface area (Å²) in [5.74, 6) is -8.01. The number of hydrogen-bond donors (Lipinski definition) is 6. The van der Waals surface area contributed by atoms with Crippen LogP contribution in [0.5, 0.6) is 0 Å². The fourth-order valence-electron chi connectivity index (χ4n) is 0.365. The predicted molar refractivity (Wildman–Crippen MR) is 72.9 cm³/mol. The maximum Gasteiger partial charge on any atom is 3.00 e. The molecular weight excluding hydrogens is 545 g/mol. The molecule has 0 aliphatic carbocycles. The zero-order valence-electron chi connectivity index (χ0n) is 13.5. The first-order valence-corrected chi connectivity index (χ1v) is 6.37. The molecule has 12 nitrogen and oxygen atoms in total. The molecule has 0 bridgehead atoms. The minimum atomic E-state index is -1.82. The molecule has 0 aliphatic heterocycles. The maximum absolute atomic E-state index is 9.71. The van der Waals surface area contributed by atoms with Gasteiger partial charge in [0.2, 0.25) is 0 Å². The normalized spacial score (nSPS) is 13.4. The Bertz CT molecular complexity index is 327. The second-order valence-electron chi connectivity index (χ2n) is 4.56. The average Bonchev–Trinajstić information content (AvgIpc) is 2.45. The molecule has 0 fully saturated rings. The zero-order chi connectivity index (χ0) is 20.2. The van der Waals surface area contributed by atoms with E-state index in [9.17, 15) is 29.7 Å². The van der Waals surface area contributed by atoms with E-state index >= 15 is 0 Å². The van der Waals surface area contributed by atoms with Crippen molar-refractivity contribution in [3.05, 3.63) is 0 Å². The molecule has 0 spiro atoms. The van der Waals surface area contributed by atoms with Gasteiger partial charge in [0.15, 0.2) is 18.9 Å². The molecule has 0 saturated carbocycles. The van der Waals surface area contributed by atoms with Crippen molar-refractivity contribution in [3.8, 4) is 0 Å². The summed E-state index contributed by atoms with van der Waals surface area (Å²) >= 11 is 0. The predicted octanol–water partition coefficient (Wildman–Crippen LogP) is -7.33. The van der Waals surface area contributed by atoms with Crippen LogP contribution in [0.3, 0.4) is 0 Å². The van der Waals surface area contributed by atoms with Gasteiger partial charge in [-0.25, -0.2) is 0 Å². The molecule has 0 aliphatic rings. The Labute approximate surface area is 162 Å². The molecule has 0 aromatic rings. The first-order chi connectivity index (χ1) is 10.7. The molecular formula is C12H21BiO12. The molecule has 0 aromatic carbocycles. The van der Waals surface area contributed by atoms with Crippen molar-refractivity contribution < 1.29 is 60.3 Å². The van der Waals surface area contributed by atoms with Gasteiger partial charge in [0.1, 0.15) is 0 Å². The van der Waals surface area contributed by atoms with Crippen molar-refractivity contribution in [2.24, 2.45) is 17.8 Å². The van der Waals surface area contributed by atoms with Gasteiger partial charge in [-0.2, -0.15) is 0 Å². The van der Waals surface area contributed by atoms with Crippen LogP contribution in [0.2, 0.25) is 0 Å². The van der Waals surface area contributed by atoms with Crippen LogP contribution < -0.4 is 15.3 Å². The molecule has 6 N–H and O–H groups in total. The van der Waals surface area contributed by atoms with Gasteiger partial charge in [0.25, 0.3) is 0 Å². The number of aliphatic carboxylic acids is 3. The Morgan fingerprint density at radius 1 is 0.560 bits per heavy atom. The number of carboxylic acid groups (broad SMARTS) is 3. The molecule has 0 aromatic heterocycles. The average molecular weight is 566 g/mol. The molecule has 0 rings (SSSR count). The third-order valence-corrected chi connectivity index (χ3v) is 2.46. The van der Waals surface area contributed by atoms with Gasteiger partial charge in [-0.3, -0.25) is 0 Å². The molecule has 13 heteroatoms. The maximum atomic E-state index is 9.71. The van der Waals surface area contributed by atoms with Crippen LogP contribution >= 0.6 is 0 Å². The van der Waals surface area contributed by atoms with Crippen molar-refractivity contribution >= 4 is 44.1 Å². The van der Waals surface area contributed by atoms with E-state index in [1.165, 1.54) is 0 Å². The van der Waals surface area contributed by atoms with E-state index in [1.807, 2.05) is 0 Å². The van der Waals surface area contributed by atoms with Gasteiger partial charge in [-0.1, -0.05) is 20.8 Å². The largest absolute Gasteiger partial charge is 3.00 e. The zero-order valence-corrected chi connectivity index (χ0v) is 17.0. The Balaban J connectivity index is -0.000000130. The molecule has 3 unspecified atom stereocenters. The van der Waals surface area contributed by atoms with Crippen LogP contribution in [0.25, 0.3) is 0 Å². The summed E-state index contributed by atoms with van der Waals surface area (Å²) in [7, 11) is 0. The summed E-state index contributed by atoms with van der Waals surface area (Å²) in [6.45, 7) is 3.46. The Hall–Kier alpha value is -0.947. The van der Waals surface area contributed by atoms with E-state index in [0.717, 1.165) is 20.8 Å². The topological polar surface area (TPSA) is 242 Å². The molecule has 2 radical (unpaired) electrons. The minimum Gasteiger partial charge on any atom is -0.550 e. The molecule has 25 heavy (non-hydrogen) atoms. The summed E-state index contributed by atoms with van der Waals surface area (Å²) < 4.78 is 0. The molecule has 3 atom stereocenters. The smallest absolute Gasteiger partial charge is 0.550 e. The summed E-state index contributed by atoms with van der Waals surface area (Å²) in [4.78, 5) is 29.1. The first kappa shape index (κ1) is 31.8. The fraction of sp³-hybridized carbons (Fsp3) is 0.750. The van der Waals surface area contributed by atoms with Crippen LogP contribution in [0, 0.1) is 17.8 Å². The third-order valence-electron chi connectivity index (χ3n) is 2.46. The second-order valence-corrected chi connectivity index (χ2v) is 4.56. The first-order valence-electron chi connectivity index (χ1n) is 6.37. The van der Waals surface area contributed by atoms with Gasteiger partial charge in [0.05, 0.1) is 0 Å². The molecule has 146 valence electrons. The fourth-order valence-corrected chi connectivity index (χ4v) is 0.365. The van der Waals surface area contributed by atoms with E-state index in [4.69, 9.17) is 30.6 Å². The van der Waals surface area contributed by atoms with Crippen LogP contribution in [0.15, 0.2) is 0 Å². The number of carboxylic acids is 3. The van der Waals surface area contributed by atoms with Gasteiger partial charge < -0.3 is 60.3 Å². The van der Waals surface area contributed by atoms with E-state index in [2.05, 4.69) is 0 Å². The van der Waals surface area contributed by atoms with Crippen molar-refractivity contribution in [1.82, 2.24) is 0 Å². The van der Waals surface area contributed by atoms with Crippen LogP contribution in [0.1, 0.15) is 20.8 Å². The number of carbonyl (C=O) groups is 3. The quantitative estimate of drug-likeness (QED) is 0.130. The monoisotopic (exact) mass is 566 g/mol. The molecule has 0 amide bonds. The van der Waals surface area contributed by atoms with Crippen molar-refractivity contribution in [2.75, 3.05) is 0 Å². The third kappa shape index (κ3) is 19.2. The van der Waals surface area contributed by atoms with Gasteiger partial charge >= 0.3 is 26.2 Å². The van der Waals surface area contributed by atoms with Crippen molar-refractivity contribution in [3.63, 3.8) is 0 Å².